The fourth-order valence-corrected chi connectivity index (χ4v) is 3.99. The van der Waals surface area contributed by atoms with Crippen molar-refractivity contribution in [3.63, 3.8) is 0 Å². The van der Waals surface area contributed by atoms with Gasteiger partial charge in [-0.1, -0.05) is 36.4 Å². The van der Waals surface area contributed by atoms with Crippen LogP contribution in [-0.2, 0) is 11.3 Å². The summed E-state index contributed by atoms with van der Waals surface area (Å²) in [7, 11) is 1.57. The highest BCUT2D eigenvalue weighted by Crippen LogP contribution is 2.30. The highest BCUT2D eigenvalue weighted by Gasteiger charge is 2.31. The third-order valence-corrected chi connectivity index (χ3v) is 6.04. The third kappa shape index (κ3) is 8.21. The third-order valence-electron chi connectivity index (χ3n) is 6.04. The van der Waals surface area contributed by atoms with Crippen molar-refractivity contribution < 1.29 is 37.3 Å². The molecular formula is C30H26F3N3O5. The van der Waals surface area contributed by atoms with Crippen molar-refractivity contribution in [2.75, 3.05) is 19.0 Å². The Bertz CT molecular complexity index is 1490. The molecule has 1 aromatic heterocycles. The normalized spacial score (nSPS) is 11.0. The second kappa shape index (κ2) is 12.9. The van der Waals surface area contributed by atoms with Gasteiger partial charge in [-0.15, -0.1) is 13.2 Å². The van der Waals surface area contributed by atoms with Crippen LogP contribution in [0, 0.1) is 0 Å². The van der Waals surface area contributed by atoms with Crippen LogP contribution in [-0.4, -0.2) is 42.0 Å². The van der Waals surface area contributed by atoms with Gasteiger partial charge >= 0.3 is 12.3 Å². The second-order valence-corrected chi connectivity index (χ2v) is 8.86. The Hall–Kier alpha value is -5.06. The SMILES string of the molecule is COc1ccc(CNc2ccc(-c3ccc(OC(F)(F)F)cc3)cc2)c(-c2ccc(C(=O)NCCC(=O)O)nc2)c1. The van der Waals surface area contributed by atoms with Gasteiger partial charge in [0, 0.05) is 30.5 Å². The number of pyridine rings is 1. The standard InChI is InChI=1S/C30H26F3N3O5/c1-40-25-12-6-21(26(16-25)22-7-13-27(36-18-22)29(39)34-15-14-28(37)38)17-35-23-8-2-19(3-9-23)20-4-10-24(11-5-20)41-30(31,32)33/h2-13,16,18,35H,14-15,17H2,1H3,(H,34,39)(H,37,38). The lowest BCUT2D eigenvalue weighted by Crippen LogP contribution is -2.26. The zero-order valence-electron chi connectivity index (χ0n) is 21.9. The molecule has 11 heteroatoms. The number of alkyl halides is 3. The molecule has 8 nitrogen and oxygen atoms in total. The van der Waals surface area contributed by atoms with Crippen molar-refractivity contribution in [3.8, 4) is 33.8 Å². The molecule has 1 amide bonds. The molecule has 0 saturated carbocycles. The van der Waals surface area contributed by atoms with Gasteiger partial charge in [-0.3, -0.25) is 14.6 Å². The number of nitrogens with one attached hydrogen (secondary N) is 2. The summed E-state index contributed by atoms with van der Waals surface area (Å²) >= 11 is 0. The predicted molar refractivity (Wildman–Crippen MR) is 147 cm³/mol. The van der Waals surface area contributed by atoms with Crippen LogP contribution in [0.1, 0.15) is 22.5 Å². The molecule has 4 rings (SSSR count). The molecule has 0 fully saturated rings. The number of methoxy groups -OCH3 is 1. The lowest BCUT2D eigenvalue weighted by Gasteiger charge is -2.14. The van der Waals surface area contributed by atoms with Crippen molar-refractivity contribution in [1.82, 2.24) is 10.3 Å². The molecule has 4 aromatic rings. The molecule has 0 aliphatic heterocycles. The first kappa shape index (κ1) is 28.9. The largest absolute Gasteiger partial charge is 0.573 e. The molecule has 3 aromatic carbocycles. The molecule has 0 atom stereocenters. The van der Waals surface area contributed by atoms with E-state index in [0.717, 1.165) is 33.5 Å². The number of hydrogen-bond donors (Lipinski definition) is 3. The zero-order chi connectivity index (χ0) is 29.4. The molecule has 3 N–H and O–H groups in total. The lowest BCUT2D eigenvalue weighted by atomic mass is 10.00. The van der Waals surface area contributed by atoms with E-state index in [1.54, 1.807) is 37.6 Å². The maximum absolute atomic E-state index is 12.4. The molecule has 0 saturated heterocycles. The summed E-state index contributed by atoms with van der Waals surface area (Å²) in [6, 6.07) is 22.1. The predicted octanol–water partition coefficient (Wildman–Crippen LogP) is 6.14. The number of carbonyl (C=O) groups is 2. The summed E-state index contributed by atoms with van der Waals surface area (Å²) in [6.07, 6.45) is -3.34. The molecule has 0 bridgehead atoms. The number of halogens is 3. The summed E-state index contributed by atoms with van der Waals surface area (Å²) < 4.78 is 46.5. The maximum Gasteiger partial charge on any atom is 0.573 e. The minimum absolute atomic E-state index is 0.00742. The number of nitrogens with zero attached hydrogens (tertiary/aromatic N) is 1. The van der Waals surface area contributed by atoms with Gasteiger partial charge in [0.05, 0.1) is 13.5 Å². The van der Waals surface area contributed by atoms with E-state index in [2.05, 4.69) is 20.4 Å². The Morgan fingerprint density at radius 1 is 0.878 bits per heavy atom. The fraction of sp³-hybridized carbons (Fsp3) is 0.167. The minimum atomic E-state index is -4.74. The quantitative estimate of drug-likeness (QED) is 0.200. The molecule has 0 spiro atoms. The maximum atomic E-state index is 12.4. The van der Waals surface area contributed by atoms with Crippen LogP contribution in [0.2, 0.25) is 0 Å². The second-order valence-electron chi connectivity index (χ2n) is 8.86. The van der Waals surface area contributed by atoms with E-state index in [-0.39, 0.29) is 24.4 Å². The summed E-state index contributed by atoms with van der Waals surface area (Å²) in [4.78, 5) is 27.1. The van der Waals surface area contributed by atoms with Gasteiger partial charge in [0.25, 0.3) is 5.91 Å². The number of carbonyl (C=O) groups excluding carboxylic acids is 1. The van der Waals surface area contributed by atoms with E-state index in [1.165, 1.54) is 12.1 Å². The average molecular weight is 566 g/mol. The number of benzene rings is 3. The molecule has 0 unspecified atom stereocenters. The zero-order valence-corrected chi connectivity index (χ0v) is 21.9. The number of aromatic nitrogens is 1. The van der Waals surface area contributed by atoms with E-state index in [9.17, 15) is 22.8 Å². The lowest BCUT2D eigenvalue weighted by molar-refractivity contribution is -0.274. The molecule has 41 heavy (non-hydrogen) atoms. The van der Waals surface area contributed by atoms with E-state index in [4.69, 9.17) is 9.84 Å². The Kier molecular flexibility index (Phi) is 9.08. The first-order valence-corrected chi connectivity index (χ1v) is 12.4. The number of carboxylic acids is 1. The number of hydrogen-bond acceptors (Lipinski definition) is 6. The number of anilines is 1. The summed E-state index contributed by atoms with van der Waals surface area (Å²) in [5, 5.41) is 14.6. The van der Waals surface area contributed by atoms with Gasteiger partial charge < -0.3 is 25.2 Å². The van der Waals surface area contributed by atoms with E-state index in [0.29, 0.717) is 12.3 Å². The van der Waals surface area contributed by atoms with Crippen LogP contribution in [0.15, 0.2) is 85.1 Å². The number of amides is 1. The highest BCUT2D eigenvalue weighted by atomic mass is 19.4. The first-order valence-electron chi connectivity index (χ1n) is 12.4. The van der Waals surface area contributed by atoms with Crippen molar-refractivity contribution in [2.45, 2.75) is 19.3 Å². The molecule has 212 valence electrons. The Morgan fingerprint density at radius 2 is 1.51 bits per heavy atom. The van der Waals surface area contributed by atoms with Gasteiger partial charge in [0.15, 0.2) is 0 Å². The van der Waals surface area contributed by atoms with Gasteiger partial charge in [-0.05, 0) is 64.7 Å². The van der Waals surface area contributed by atoms with Crippen molar-refractivity contribution >= 4 is 17.6 Å². The molecule has 1 heterocycles. The van der Waals surface area contributed by atoms with E-state index in [1.807, 2.05) is 42.5 Å². The van der Waals surface area contributed by atoms with Crippen LogP contribution >= 0.6 is 0 Å². The Morgan fingerprint density at radius 3 is 2.10 bits per heavy atom. The van der Waals surface area contributed by atoms with Crippen LogP contribution in [0.5, 0.6) is 11.5 Å². The topological polar surface area (TPSA) is 110 Å². The smallest absolute Gasteiger partial charge is 0.497 e. The first-order chi connectivity index (χ1) is 19.6. The number of rotatable bonds is 11. The molecular weight excluding hydrogens is 539 g/mol. The highest BCUT2D eigenvalue weighted by molar-refractivity contribution is 5.92. The van der Waals surface area contributed by atoms with Gasteiger partial charge in [-0.25, -0.2) is 0 Å². The van der Waals surface area contributed by atoms with Crippen LogP contribution < -0.4 is 20.1 Å². The molecule has 0 radical (unpaired) electrons. The van der Waals surface area contributed by atoms with E-state index < -0.39 is 18.2 Å². The summed E-state index contributed by atoms with van der Waals surface area (Å²) in [5.41, 5.74) is 5.13. The van der Waals surface area contributed by atoms with Gasteiger partial charge in [-0.2, -0.15) is 0 Å². The number of carboxylic acid groups (broad SMARTS) is 1. The van der Waals surface area contributed by atoms with Crippen molar-refractivity contribution in [3.05, 3.63) is 96.3 Å². The Labute approximate surface area is 233 Å². The minimum Gasteiger partial charge on any atom is -0.497 e. The molecule has 0 aliphatic carbocycles. The summed E-state index contributed by atoms with van der Waals surface area (Å²) in [6.45, 7) is 0.465. The van der Waals surface area contributed by atoms with E-state index >= 15 is 0 Å². The van der Waals surface area contributed by atoms with Gasteiger partial charge in [0.2, 0.25) is 0 Å². The monoisotopic (exact) mass is 565 g/mol. The van der Waals surface area contributed by atoms with Crippen molar-refractivity contribution in [1.29, 1.82) is 0 Å². The van der Waals surface area contributed by atoms with Crippen LogP contribution in [0.25, 0.3) is 22.3 Å². The van der Waals surface area contributed by atoms with Gasteiger partial charge in [0.1, 0.15) is 17.2 Å². The fourth-order valence-electron chi connectivity index (χ4n) is 3.99. The Balaban J connectivity index is 1.44. The van der Waals surface area contributed by atoms with Crippen LogP contribution in [0.4, 0.5) is 18.9 Å². The summed E-state index contributed by atoms with van der Waals surface area (Å²) in [5.74, 6) is -1.09. The number of aliphatic carboxylic acids is 1. The van der Waals surface area contributed by atoms with Crippen molar-refractivity contribution in [2.24, 2.45) is 0 Å². The van der Waals surface area contributed by atoms with Crippen LogP contribution in [0.3, 0.4) is 0 Å². The number of ether oxygens (including phenoxy) is 2. The average Bonchev–Trinajstić information content (AvgIpc) is 2.96. The molecule has 0 aliphatic rings.